The molecule has 0 saturated carbocycles. The van der Waals surface area contributed by atoms with Crippen molar-refractivity contribution in [3.05, 3.63) is 70.2 Å². The lowest BCUT2D eigenvalue weighted by atomic mass is 9.93. The number of halogens is 1. The Kier molecular flexibility index (Phi) is 5.76. The number of nitrogens with zero attached hydrogens (tertiary/aromatic N) is 1. The maximum absolute atomic E-state index is 12.3. The molecule has 0 fully saturated rings. The quantitative estimate of drug-likeness (QED) is 0.609. The number of furan rings is 1. The van der Waals surface area contributed by atoms with Gasteiger partial charge in [0.25, 0.3) is 11.8 Å². The summed E-state index contributed by atoms with van der Waals surface area (Å²) in [7, 11) is 0. The monoisotopic (exact) mass is 385 g/mol. The highest BCUT2D eigenvalue weighted by Crippen LogP contribution is 2.29. The van der Waals surface area contributed by atoms with Crippen LogP contribution in [0.4, 0.5) is 0 Å². The van der Waals surface area contributed by atoms with Gasteiger partial charge in [0.05, 0.1) is 16.3 Å². The first-order valence-corrected chi connectivity index (χ1v) is 9.04. The maximum atomic E-state index is 12.3. The van der Waals surface area contributed by atoms with E-state index in [1.54, 1.807) is 30.3 Å². The molecular formula is C20H20ClN3O3. The number of fused-ring (bicyclic) bond motifs is 1. The fraction of sp³-hybridized carbons (Fsp3) is 0.250. The Morgan fingerprint density at radius 3 is 2.81 bits per heavy atom. The van der Waals surface area contributed by atoms with Gasteiger partial charge in [-0.2, -0.15) is 5.10 Å². The van der Waals surface area contributed by atoms with Crippen molar-refractivity contribution >= 4 is 29.1 Å². The third-order valence-electron chi connectivity index (χ3n) is 4.35. The lowest BCUT2D eigenvalue weighted by molar-refractivity contribution is 0.0926. The molecule has 27 heavy (non-hydrogen) atoms. The molecule has 0 atom stereocenters. The lowest BCUT2D eigenvalue weighted by Gasteiger charge is -2.13. The van der Waals surface area contributed by atoms with Gasteiger partial charge in [0, 0.05) is 24.1 Å². The van der Waals surface area contributed by atoms with Crippen molar-refractivity contribution in [2.45, 2.75) is 26.2 Å². The molecule has 2 aromatic rings. The Morgan fingerprint density at radius 1 is 1.30 bits per heavy atom. The zero-order valence-electron chi connectivity index (χ0n) is 15.0. The molecule has 2 N–H and O–H groups in total. The molecule has 140 valence electrons. The number of hydrogen-bond acceptors (Lipinski definition) is 4. The predicted octanol–water partition coefficient (Wildman–Crippen LogP) is 3.63. The molecule has 7 heteroatoms. The van der Waals surface area contributed by atoms with Crippen molar-refractivity contribution in [1.82, 2.24) is 10.7 Å². The number of hydrogen-bond donors (Lipinski definition) is 2. The van der Waals surface area contributed by atoms with Crippen molar-refractivity contribution in [3.8, 4) is 0 Å². The molecule has 2 amide bonds. The highest BCUT2D eigenvalue weighted by Gasteiger charge is 2.28. The van der Waals surface area contributed by atoms with Crippen LogP contribution in [0.2, 0.25) is 5.02 Å². The van der Waals surface area contributed by atoms with Gasteiger partial charge >= 0.3 is 0 Å². The van der Waals surface area contributed by atoms with Crippen molar-refractivity contribution in [1.29, 1.82) is 0 Å². The van der Waals surface area contributed by atoms with Crippen molar-refractivity contribution < 1.29 is 14.0 Å². The molecule has 1 heterocycles. The third-order valence-corrected chi connectivity index (χ3v) is 4.68. The van der Waals surface area contributed by atoms with Crippen LogP contribution in [0, 0.1) is 6.92 Å². The molecule has 1 aliphatic carbocycles. The van der Waals surface area contributed by atoms with Crippen LogP contribution < -0.4 is 10.7 Å². The van der Waals surface area contributed by atoms with Crippen molar-refractivity contribution in [2.24, 2.45) is 5.10 Å². The van der Waals surface area contributed by atoms with E-state index in [-0.39, 0.29) is 17.6 Å². The highest BCUT2D eigenvalue weighted by atomic mass is 35.5. The van der Waals surface area contributed by atoms with E-state index in [1.807, 2.05) is 6.92 Å². The molecule has 0 saturated heterocycles. The number of amides is 2. The van der Waals surface area contributed by atoms with E-state index < -0.39 is 0 Å². The van der Waals surface area contributed by atoms with Gasteiger partial charge in [0.1, 0.15) is 5.76 Å². The number of nitrogens with one attached hydrogen (secondary N) is 2. The molecule has 0 spiro atoms. The topological polar surface area (TPSA) is 83.7 Å². The minimum Gasteiger partial charge on any atom is -0.455 e. The zero-order valence-corrected chi connectivity index (χ0v) is 15.7. The maximum Gasteiger partial charge on any atom is 0.287 e. The van der Waals surface area contributed by atoms with E-state index in [1.165, 1.54) is 0 Å². The minimum absolute atomic E-state index is 0.272. The van der Waals surface area contributed by atoms with Crippen LogP contribution >= 0.6 is 11.6 Å². The van der Waals surface area contributed by atoms with Crippen molar-refractivity contribution in [2.75, 3.05) is 6.54 Å². The van der Waals surface area contributed by atoms with Gasteiger partial charge in [0.2, 0.25) is 0 Å². The first-order valence-electron chi connectivity index (χ1n) is 8.66. The average molecular weight is 386 g/mol. The van der Waals surface area contributed by atoms with E-state index in [4.69, 9.17) is 16.0 Å². The summed E-state index contributed by atoms with van der Waals surface area (Å²) in [5.74, 6) is 0.314. The van der Waals surface area contributed by atoms with E-state index in [0.29, 0.717) is 35.0 Å². The number of carbonyl (C=O) groups is 2. The normalized spacial score (nSPS) is 14.5. The largest absolute Gasteiger partial charge is 0.455 e. The smallest absolute Gasteiger partial charge is 0.287 e. The Bertz CT molecular complexity index is 931. The van der Waals surface area contributed by atoms with E-state index >= 15 is 0 Å². The fourth-order valence-corrected chi connectivity index (χ4v) is 3.29. The summed E-state index contributed by atoms with van der Waals surface area (Å²) in [5, 5.41) is 7.37. The standard InChI is InChI=1S/C20H20ClN3O3/c1-3-11-22-20(26)18-12(2)17-15(9-6-10-16(17)27-18)23-24-19(25)13-7-4-5-8-14(13)21/h3-5,7-8H,1,6,9-11H2,2H3,(H,22,26)(H,24,25)/b23-15+. The molecule has 6 nitrogen and oxygen atoms in total. The predicted molar refractivity (Wildman–Crippen MR) is 104 cm³/mol. The van der Waals surface area contributed by atoms with E-state index in [9.17, 15) is 9.59 Å². The Labute approximate surface area is 162 Å². The van der Waals surface area contributed by atoms with Crippen LogP contribution in [0.3, 0.4) is 0 Å². The van der Waals surface area contributed by atoms with Gasteiger partial charge in [-0.15, -0.1) is 6.58 Å². The molecule has 3 rings (SSSR count). The van der Waals surface area contributed by atoms with Gasteiger partial charge in [-0.1, -0.05) is 29.8 Å². The number of hydrazone groups is 1. The molecule has 1 aliphatic rings. The van der Waals surface area contributed by atoms with Crippen LogP contribution in [-0.2, 0) is 6.42 Å². The molecule has 0 aliphatic heterocycles. The summed E-state index contributed by atoms with van der Waals surface area (Å²) in [6, 6.07) is 6.78. The Balaban J connectivity index is 1.85. The van der Waals surface area contributed by atoms with Crippen LogP contribution in [0.1, 0.15) is 50.6 Å². The summed E-state index contributed by atoms with van der Waals surface area (Å²) in [5.41, 5.74) is 5.12. The molecule has 0 radical (unpaired) electrons. The second kappa shape index (κ2) is 8.22. The second-order valence-electron chi connectivity index (χ2n) is 6.19. The summed E-state index contributed by atoms with van der Waals surface area (Å²) >= 11 is 6.05. The Morgan fingerprint density at radius 2 is 2.07 bits per heavy atom. The number of rotatable bonds is 5. The fourth-order valence-electron chi connectivity index (χ4n) is 3.07. The SMILES string of the molecule is C=CCNC(=O)c1oc2c(c1C)/C(=N/NC(=O)c1ccccc1Cl)CCC2. The number of carbonyl (C=O) groups excluding carboxylic acids is 2. The summed E-state index contributed by atoms with van der Waals surface area (Å²) in [4.78, 5) is 24.6. The molecular weight excluding hydrogens is 366 g/mol. The first-order chi connectivity index (χ1) is 13.0. The van der Waals surface area contributed by atoms with E-state index in [0.717, 1.165) is 24.0 Å². The van der Waals surface area contributed by atoms with Crippen molar-refractivity contribution in [3.63, 3.8) is 0 Å². The second-order valence-corrected chi connectivity index (χ2v) is 6.59. The molecule has 0 bridgehead atoms. The van der Waals surface area contributed by atoms with E-state index in [2.05, 4.69) is 22.4 Å². The molecule has 1 aromatic carbocycles. The van der Waals surface area contributed by atoms with Crippen LogP contribution in [-0.4, -0.2) is 24.1 Å². The summed E-state index contributed by atoms with van der Waals surface area (Å²) < 4.78 is 5.78. The molecule has 1 aromatic heterocycles. The summed E-state index contributed by atoms with van der Waals surface area (Å²) in [6.45, 7) is 5.76. The number of aryl methyl sites for hydroxylation is 1. The van der Waals surface area contributed by atoms with Gasteiger partial charge in [-0.25, -0.2) is 5.43 Å². The summed E-state index contributed by atoms with van der Waals surface area (Å²) in [6.07, 6.45) is 3.84. The zero-order chi connectivity index (χ0) is 19.4. The average Bonchev–Trinajstić information content (AvgIpc) is 3.02. The minimum atomic E-state index is -0.384. The van der Waals surface area contributed by atoms with Crippen LogP contribution in [0.5, 0.6) is 0 Å². The Hall–Kier alpha value is -2.86. The van der Waals surface area contributed by atoms with Crippen LogP contribution in [0.25, 0.3) is 0 Å². The van der Waals surface area contributed by atoms with Gasteiger partial charge in [-0.05, 0) is 31.9 Å². The third kappa shape index (κ3) is 3.95. The van der Waals surface area contributed by atoms with Crippen LogP contribution in [0.15, 0.2) is 46.4 Å². The molecule has 0 unspecified atom stereocenters. The van der Waals surface area contributed by atoms with Gasteiger partial charge in [0.15, 0.2) is 5.76 Å². The first kappa shape index (κ1) is 18.9. The highest BCUT2D eigenvalue weighted by molar-refractivity contribution is 6.33. The van der Waals surface area contributed by atoms with Gasteiger partial charge in [-0.3, -0.25) is 9.59 Å². The number of benzene rings is 1. The van der Waals surface area contributed by atoms with Gasteiger partial charge < -0.3 is 9.73 Å². The lowest BCUT2D eigenvalue weighted by Crippen LogP contribution is -2.24.